The molecule has 0 amide bonds. The van der Waals surface area contributed by atoms with Gasteiger partial charge in [0.05, 0.1) is 6.61 Å². The number of piperidine rings is 1. The lowest BCUT2D eigenvalue weighted by Crippen LogP contribution is -2.43. The zero-order valence-electron chi connectivity index (χ0n) is 12.0. The molecule has 0 radical (unpaired) electrons. The van der Waals surface area contributed by atoms with Crippen LogP contribution in [-0.4, -0.2) is 50.8 Å². The van der Waals surface area contributed by atoms with Gasteiger partial charge < -0.3 is 10.1 Å². The van der Waals surface area contributed by atoms with Gasteiger partial charge in [0.15, 0.2) is 0 Å². The minimum absolute atomic E-state index is 0.574. The molecule has 1 rings (SSSR count). The number of nitrogens with one attached hydrogen (secondary N) is 1. The van der Waals surface area contributed by atoms with Crippen molar-refractivity contribution in [3.05, 3.63) is 0 Å². The molecule has 0 aromatic carbocycles. The van der Waals surface area contributed by atoms with Crippen LogP contribution < -0.4 is 5.32 Å². The molecule has 0 bridgehead atoms. The molecular weight excluding hydrogens is 212 g/mol. The van der Waals surface area contributed by atoms with E-state index in [4.69, 9.17) is 4.74 Å². The largest absolute Gasteiger partial charge is 0.383 e. The van der Waals surface area contributed by atoms with Crippen LogP contribution in [0.25, 0.3) is 0 Å². The van der Waals surface area contributed by atoms with Crippen LogP contribution in [0, 0.1) is 11.8 Å². The first kappa shape index (κ1) is 14.9. The van der Waals surface area contributed by atoms with Crippen molar-refractivity contribution in [2.24, 2.45) is 11.8 Å². The van der Waals surface area contributed by atoms with Crippen molar-refractivity contribution in [2.45, 2.75) is 39.7 Å². The molecule has 1 unspecified atom stereocenters. The van der Waals surface area contributed by atoms with Crippen molar-refractivity contribution >= 4 is 0 Å². The lowest BCUT2D eigenvalue weighted by molar-refractivity contribution is 0.0734. The minimum Gasteiger partial charge on any atom is -0.383 e. The summed E-state index contributed by atoms with van der Waals surface area (Å²) >= 11 is 0. The first-order chi connectivity index (χ1) is 8.13. The van der Waals surface area contributed by atoms with E-state index in [2.05, 4.69) is 31.0 Å². The number of hydrogen-bond acceptors (Lipinski definition) is 3. The highest BCUT2D eigenvalue weighted by Crippen LogP contribution is 2.18. The maximum Gasteiger partial charge on any atom is 0.0615 e. The van der Waals surface area contributed by atoms with E-state index in [0.29, 0.717) is 6.04 Å². The third-order valence-corrected chi connectivity index (χ3v) is 3.67. The number of rotatable bonds is 7. The second-order valence-electron chi connectivity index (χ2n) is 5.84. The molecule has 102 valence electrons. The van der Waals surface area contributed by atoms with Crippen molar-refractivity contribution in [3.63, 3.8) is 0 Å². The van der Waals surface area contributed by atoms with Gasteiger partial charge in [0, 0.05) is 13.2 Å². The number of methoxy groups -OCH3 is 1. The van der Waals surface area contributed by atoms with Crippen LogP contribution in [-0.2, 0) is 4.74 Å². The average Bonchev–Trinajstić information content (AvgIpc) is 2.30. The van der Waals surface area contributed by atoms with E-state index in [0.717, 1.165) is 25.0 Å². The van der Waals surface area contributed by atoms with Crippen LogP contribution >= 0.6 is 0 Å². The molecule has 0 aromatic rings. The van der Waals surface area contributed by atoms with Crippen molar-refractivity contribution < 1.29 is 4.74 Å². The van der Waals surface area contributed by atoms with Gasteiger partial charge in [0.2, 0.25) is 0 Å². The third-order valence-electron chi connectivity index (χ3n) is 3.67. The SMILES string of the molecule is COCC(C)N1CCC(CNCC(C)C)CC1. The Labute approximate surface area is 107 Å². The van der Waals surface area contributed by atoms with E-state index < -0.39 is 0 Å². The Hall–Kier alpha value is -0.120. The van der Waals surface area contributed by atoms with Gasteiger partial charge in [-0.05, 0) is 57.8 Å². The molecule has 17 heavy (non-hydrogen) atoms. The predicted molar refractivity (Wildman–Crippen MR) is 73.3 cm³/mol. The van der Waals surface area contributed by atoms with Crippen molar-refractivity contribution in [2.75, 3.05) is 39.9 Å². The molecule has 0 aliphatic carbocycles. The standard InChI is InChI=1S/C14H30N2O/c1-12(2)9-15-10-14-5-7-16(8-6-14)13(3)11-17-4/h12-15H,5-11H2,1-4H3. The van der Waals surface area contributed by atoms with Crippen LogP contribution in [0.4, 0.5) is 0 Å². The Balaban J connectivity index is 2.13. The van der Waals surface area contributed by atoms with Gasteiger partial charge in [-0.1, -0.05) is 13.8 Å². The Bertz CT molecular complexity index is 189. The molecule has 0 saturated carbocycles. The Morgan fingerprint density at radius 3 is 2.41 bits per heavy atom. The third kappa shape index (κ3) is 5.84. The Morgan fingerprint density at radius 2 is 1.88 bits per heavy atom. The van der Waals surface area contributed by atoms with Crippen LogP contribution in [0.2, 0.25) is 0 Å². The summed E-state index contributed by atoms with van der Waals surface area (Å²) in [6.45, 7) is 12.5. The highest BCUT2D eigenvalue weighted by atomic mass is 16.5. The molecule has 3 heteroatoms. The van der Waals surface area contributed by atoms with Crippen LogP contribution in [0.3, 0.4) is 0 Å². The zero-order valence-corrected chi connectivity index (χ0v) is 12.0. The second kappa shape index (κ2) is 8.06. The lowest BCUT2D eigenvalue weighted by Gasteiger charge is -2.35. The predicted octanol–water partition coefficient (Wildman–Crippen LogP) is 1.98. The van der Waals surface area contributed by atoms with Gasteiger partial charge >= 0.3 is 0 Å². The van der Waals surface area contributed by atoms with Crippen molar-refractivity contribution in [1.29, 1.82) is 0 Å². The summed E-state index contributed by atoms with van der Waals surface area (Å²) < 4.78 is 5.22. The van der Waals surface area contributed by atoms with E-state index in [1.54, 1.807) is 7.11 Å². The van der Waals surface area contributed by atoms with Gasteiger partial charge in [-0.15, -0.1) is 0 Å². The summed E-state index contributed by atoms with van der Waals surface area (Å²) in [4.78, 5) is 2.56. The van der Waals surface area contributed by atoms with E-state index >= 15 is 0 Å². The Morgan fingerprint density at radius 1 is 1.24 bits per heavy atom. The number of ether oxygens (including phenoxy) is 1. The number of likely N-dealkylation sites (tertiary alicyclic amines) is 1. The molecule has 0 aromatic heterocycles. The van der Waals surface area contributed by atoms with Crippen LogP contribution in [0.1, 0.15) is 33.6 Å². The van der Waals surface area contributed by atoms with Crippen LogP contribution in [0.5, 0.6) is 0 Å². The molecule has 1 heterocycles. The fourth-order valence-corrected chi connectivity index (χ4v) is 2.52. The first-order valence-corrected chi connectivity index (χ1v) is 7.07. The summed E-state index contributed by atoms with van der Waals surface area (Å²) in [6.07, 6.45) is 2.66. The number of nitrogens with zero attached hydrogens (tertiary/aromatic N) is 1. The van der Waals surface area contributed by atoms with Crippen LogP contribution in [0.15, 0.2) is 0 Å². The van der Waals surface area contributed by atoms with Gasteiger partial charge in [-0.2, -0.15) is 0 Å². The van der Waals surface area contributed by atoms with Gasteiger partial charge in [0.1, 0.15) is 0 Å². The van der Waals surface area contributed by atoms with Gasteiger partial charge in [0.25, 0.3) is 0 Å². The topological polar surface area (TPSA) is 24.5 Å². The Kier molecular flexibility index (Phi) is 7.09. The fraction of sp³-hybridized carbons (Fsp3) is 1.00. The maximum atomic E-state index is 5.22. The minimum atomic E-state index is 0.574. The lowest BCUT2D eigenvalue weighted by atomic mass is 9.95. The molecule has 0 spiro atoms. The normalized spacial score (nSPS) is 21.0. The summed E-state index contributed by atoms with van der Waals surface area (Å²) in [5, 5.41) is 3.58. The molecule has 1 saturated heterocycles. The smallest absolute Gasteiger partial charge is 0.0615 e. The number of hydrogen-bond donors (Lipinski definition) is 1. The average molecular weight is 242 g/mol. The molecular formula is C14H30N2O. The molecule has 1 N–H and O–H groups in total. The van der Waals surface area contributed by atoms with E-state index in [9.17, 15) is 0 Å². The molecule has 1 fully saturated rings. The summed E-state index contributed by atoms with van der Waals surface area (Å²) in [6, 6.07) is 0.574. The fourth-order valence-electron chi connectivity index (χ4n) is 2.52. The quantitative estimate of drug-likeness (QED) is 0.739. The first-order valence-electron chi connectivity index (χ1n) is 7.07. The molecule has 1 aliphatic rings. The maximum absolute atomic E-state index is 5.22. The van der Waals surface area contributed by atoms with E-state index in [1.807, 2.05) is 0 Å². The van der Waals surface area contributed by atoms with Gasteiger partial charge in [-0.3, -0.25) is 4.90 Å². The van der Waals surface area contributed by atoms with E-state index in [-0.39, 0.29) is 0 Å². The summed E-state index contributed by atoms with van der Waals surface area (Å²) in [5.41, 5.74) is 0. The van der Waals surface area contributed by atoms with Gasteiger partial charge in [-0.25, -0.2) is 0 Å². The molecule has 1 atom stereocenters. The van der Waals surface area contributed by atoms with Crippen molar-refractivity contribution in [1.82, 2.24) is 10.2 Å². The highest BCUT2D eigenvalue weighted by molar-refractivity contribution is 4.77. The zero-order chi connectivity index (χ0) is 12.7. The second-order valence-corrected chi connectivity index (χ2v) is 5.84. The summed E-state index contributed by atoms with van der Waals surface area (Å²) in [7, 11) is 1.79. The molecule has 3 nitrogen and oxygen atoms in total. The highest BCUT2D eigenvalue weighted by Gasteiger charge is 2.22. The molecule has 1 aliphatic heterocycles. The van der Waals surface area contributed by atoms with E-state index in [1.165, 1.54) is 32.5 Å². The van der Waals surface area contributed by atoms with Crippen molar-refractivity contribution in [3.8, 4) is 0 Å². The summed E-state index contributed by atoms with van der Waals surface area (Å²) in [5.74, 6) is 1.64. The monoisotopic (exact) mass is 242 g/mol.